The number of aromatic nitrogens is 2. The van der Waals surface area contributed by atoms with Gasteiger partial charge in [0.15, 0.2) is 0 Å². The lowest BCUT2D eigenvalue weighted by Gasteiger charge is -2.14. The Morgan fingerprint density at radius 2 is 1.95 bits per heavy atom. The maximum atomic E-state index is 9.60. The number of nitriles is 1. The van der Waals surface area contributed by atoms with E-state index >= 15 is 0 Å². The van der Waals surface area contributed by atoms with E-state index in [0.717, 1.165) is 16.6 Å². The number of hydrogen-bond acceptors (Lipinski definition) is 4. The van der Waals surface area contributed by atoms with Crippen LogP contribution in [0.4, 0.5) is 0 Å². The minimum absolute atomic E-state index is 0.318. The molecule has 0 aliphatic heterocycles. The first-order valence-electron chi connectivity index (χ1n) is 7.22. The number of aryl methyl sites for hydroxylation is 2. The zero-order chi connectivity index (χ0) is 17.3. The molecule has 0 atom stereocenters. The first kappa shape index (κ1) is 19.7. The number of fused-ring (bicyclic) bond motifs is 1. The van der Waals surface area contributed by atoms with Gasteiger partial charge >= 0.3 is 0 Å². The summed E-state index contributed by atoms with van der Waals surface area (Å²) in [4.78, 5) is 13.8. The van der Waals surface area contributed by atoms with Crippen molar-refractivity contribution in [1.82, 2.24) is 9.55 Å². The van der Waals surface area contributed by atoms with Gasteiger partial charge in [0.25, 0.3) is 6.47 Å². The number of nitrogens with zero attached hydrogens (tertiary/aromatic N) is 3. The van der Waals surface area contributed by atoms with E-state index in [1.807, 2.05) is 59.4 Å². The average molecular weight is 303 g/mol. The second-order valence-corrected chi connectivity index (χ2v) is 5.42. The number of hydrogen-bond donors (Lipinski definition) is 0. The molecule has 0 unspecified atom stereocenters. The molecule has 5 heteroatoms. The smallest absolute Gasteiger partial charge is 0.293 e. The molecule has 0 aromatic carbocycles. The fourth-order valence-corrected chi connectivity index (χ4v) is 1.75. The third-order valence-corrected chi connectivity index (χ3v) is 2.56. The fourth-order valence-electron chi connectivity index (χ4n) is 1.75. The van der Waals surface area contributed by atoms with E-state index in [9.17, 15) is 4.79 Å². The highest BCUT2D eigenvalue weighted by Gasteiger charge is 2.08. The van der Waals surface area contributed by atoms with Crippen molar-refractivity contribution in [1.29, 1.82) is 5.26 Å². The summed E-state index contributed by atoms with van der Waals surface area (Å²) in [5.74, 6) is 0. The van der Waals surface area contributed by atoms with Crippen molar-refractivity contribution >= 4 is 17.5 Å². The Labute approximate surface area is 132 Å². The predicted molar refractivity (Wildman–Crippen MR) is 88.4 cm³/mol. The SMILES string of the molecule is CC.CC(C)(C)OC=O.Cc1cn(C)c2c(C#N)ccnc12. The van der Waals surface area contributed by atoms with E-state index in [2.05, 4.69) is 15.8 Å². The highest BCUT2D eigenvalue weighted by atomic mass is 16.5. The molecule has 0 fully saturated rings. The van der Waals surface area contributed by atoms with Crippen LogP contribution < -0.4 is 0 Å². The zero-order valence-electron chi connectivity index (χ0n) is 14.5. The van der Waals surface area contributed by atoms with E-state index in [0.29, 0.717) is 12.0 Å². The number of carbonyl (C=O) groups is 1. The van der Waals surface area contributed by atoms with E-state index in [-0.39, 0.29) is 5.60 Å². The summed E-state index contributed by atoms with van der Waals surface area (Å²) in [7, 11) is 1.93. The molecule has 5 nitrogen and oxygen atoms in total. The van der Waals surface area contributed by atoms with Crippen molar-refractivity contribution in [3.05, 3.63) is 29.6 Å². The van der Waals surface area contributed by atoms with Crippen LogP contribution >= 0.6 is 0 Å². The lowest BCUT2D eigenvalue weighted by molar-refractivity contribution is -0.138. The number of ether oxygens (including phenoxy) is 1. The average Bonchev–Trinajstić information content (AvgIpc) is 2.76. The van der Waals surface area contributed by atoms with Gasteiger partial charge < -0.3 is 9.30 Å². The summed E-state index contributed by atoms with van der Waals surface area (Å²) in [6, 6.07) is 3.90. The molecule has 0 bridgehead atoms. The van der Waals surface area contributed by atoms with Crippen molar-refractivity contribution in [2.45, 2.75) is 47.1 Å². The maximum Gasteiger partial charge on any atom is 0.293 e. The quantitative estimate of drug-likeness (QED) is 0.753. The predicted octanol–water partition coefficient (Wildman–Crippen LogP) is 3.74. The van der Waals surface area contributed by atoms with Gasteiger partial charge in [-0.25, -0.2) is 0 Å². The van der Waals surface area contributed by atoms with Crippen molar-refractivity contribution in [2.24, 2.45) is 7.05 Å². The molecule has 0 saturated heterocycles. The Morgan fingerprint density at radius 3 is 2.36 bits per heavy atom. The van der Waals surface area contributed by atoms with E-state index in [4.69, 9.17) is 5.26 Å². The molecule has 2 rings (SSSR count). The van der Waals surface area contributed by atoms with Gasteiger partial charge in [0.05, 0.1) is 16.6 Å². The largest absolute Gasteiger partial charge is 0.462 e. The summed E-state index contributed by atoms with van der Waals surface area (Å²) in [5, 5.41) is 8.88. The maximum absolute atomic E-state index is 9.60. The Hall–Kier alpha value is -2.35. The van der Waals surface area contributed by atoms with Crippen LogP contribution in [-0.2, 0) is 16.6 Å². The topological polar surface area (TPSA) is 67.9 Å². The van der Waals surface area contributed by atoms with Crippen LogP contribution in [0, 0.1) is 18.3 Å². The summed E-state index contributed by atoms with van der Waals surface area (Å²) in [6.45, 7) is 11.9. The first-order valence-corrected chi connectivity index (χ1v) is 7.22. The Balaban J connectivity index is 0.000000421. The van der Waals surface area contributed by atoms with Crippen molar-refractivity contribution in [2.75, 3.05) is 0 Å². The number of rotatable bonds is 1. The molecule has 0 saturated carbocycles. The molecule has 0 aliphatic rings. The summed E-state index contributed by atoms with van der Waals surface area (Å²) >= 11 is 0. The van der Waals surface area contributed by atoms with Crippen molar-refractivity contribution in [3.63, 3.8) is 0 Å². The monoisotopic (exact) mass is 303 g/mol. The third-order valence-electron chi connectivity index (χ3n) is 2.56. The molecule has 2 heterocycles. The Kier molecular flexibility index (Phi) is 7.89. The summed E-state index contributed by atoms with van der Waals surface area (Å²) in [5.41, 5.74) is 3.31. The van der Waals surface area contributed by atoms with Gasteiger partial charge in [0.1, 0.15) is 11.7 Å². The molecule has 0 N–H and O–H groups in total. The lowest BCUT2D eigenvalue weighted by Crippen LogP contribution is -2.17. The minimum Gasteiger partial charge on any atom is -0.462 e. The molecule has 22 heavy (non-hydrogen) atoms. The zero-order valence-corrected chi connectivity index (χ0v) is 14.5. The lowest BCUT2D eigenvalue weighted by atomic mass is 10.2. The van der Waals surface area contributed by atoms with Crippen LogP contribution in [-0.4, -0.2) is 21.6 Å². The number of pyridine rings is 1. The first-order chi connectivity index (χ1) is 10.3. The molecular weight excluding hydrogens is 278 g/mol. The summed E-state index contributed by atoms with van der Waals surface area (Å²) in [6.07, 6.45) is 3.66. The van der Waals surface area contributed by atoms with Gasteiger partial charge in [-0.3, -0.25) is 9.78 Å². The third kappa shape index (κ3) is 5.57. The van der Waals surface area contributed by atoms with Gasteiger partial charge in [-0.1, -0.05) is 13.8 Å². The van der Waals surface area contributed by atoms with Crippen molar-refractivity contribution < 1.29 is 9.53 Å². The van der Waals surface area contributed by atoms with Crippen LogP contribution in [0.2, 0.25) is 0 Å². The molecule has 120 valence electrons. The second kappa shape index (κ2) is 8.83. The molecule has 0 amide bonds. The summed E-state index contributed by atoms with van der Waals surface area (Å²) < 4.78 is 6.49. The van der Waals surface area contributed by atoms with E-state index < -0.39 is 0 Å². The van der Waals surface area contributed by atoms with Crippen LogP contribution in [0.5, 0.6) is 0 Å². The Morgan fingerprint density at radius 1 is 1.36 bits per heavy atom. The van der Waals surface area contributed by atoms with Crippen LogP contribution in [0.3, 0.4) is 0 Å². The highest BCUT2D eigenvalue weighted by molar-refractivity contribution is 5.84. The molecule has 0 spiro atoms. The van der Waals surface area contributed by atoms with Gasteiger partial charge in [-0.2, -0.15) is 5.26 Å². The standard InChI is InChI=1S/C10H9N3.C5H10O2.C2H6/c1-7-6-13(2)10-8(5-11)3-4-12-9(7)10;1-5(2,3)7-4-6;1-2/h3-4,6H,1-2H3;4H,1-3H3;1-2H3. The van der Waals surface area contributed by atoms with Crippen LogP contribution in [0.1, 0.15) is 45.7 Å². The minimum atomic E-state index is -0.318. The van der Waals surface area contributed by atoms with Gasteiger partial charge in [-0.15, -0.1) is 0 Å². The van der Waals surface area contributed by atoms with Crippen molar-refractivity contribution in [3.8, 4) is 6.07 Å². The van der Waals surface area contributed by atoms with Gasteiger partial charge in [-0.05, 0) is 39.3 Å². The fraction of sp³-hybridized carbons (Fsp3) is 0.471. The molecule has 0 radical (unpaired) electrons. The molecular formula is C17H25N3O2. The van der Waals surface area contributed by atoms with Gasteiger partial charge in [0, 0.05) is 19.4 Å². The van der Waals surface area contributed by atoms with Crippen LogP contribution in [0.25, 0.3) is 11.0 Å². The highest BCUT2D eigenvalue weighted by Crippen LogP contribution is 2.20. The van der Waals surface area contributed by atoms with E-state index in [1.165, 1.54) is 0 Å². The molecule has 2 aromatic heterocycles. The van der Waals surface area contributed by atoms with Crippen LogP contribution in [0.15, 0.2) is 18.5 Å². The molecule has 0 aliphatic carbocycles. The van der Waals surface area contributed by atoms with Gasteiger partial charge in [0.2, 0.25) is 0 Å². The normalized spacial score (nSPS) is 9.73. The Bertz CT molecular complexity index is 646. The molecule has 2 aromatic rings. The second-order valence-electron chi connectivity index (χ2n) is 5.42. The number of carbonyl (C=O) groups excluding carboxylic acids is 1. The van der Waals surface area contributed by atoms with E-state index in [1.54, 1.807) is 12.3 Å².